The lowest BCUT2D eigenvalue weighted by Gasteiger charge is -2.16. The summed E-state index contributed by atoms with van der Waals surface area (Å²) in [7, 11) is -1.22. The van der Waals surface area contributed by atoms with E-state index in [0.29, 0.717) is 24.5 Å². The highest BCUT2D eigenvalue weighted by molar-refractivity contribution is 14.1. The molecule has 24 heavy (non-hydrogen) atoms. The Kier molecular flexibility index (Phi) is 6.86. The van der Waals surface area contributed by atoms with Gasteiger partial charge in [-0.3, -0.25) is 0 Å². The highest BCUT2D eigenvalue weighted by Gasteiger charge is 2.19. The van der Waals surface area contributed by atoms with Gasteiger partial charge in [0.25, 0.3) is 0 Å². The smallest absolute Gasteiger partial charge is 0.341 e. The second kappa shape index (κ2) is 8.67. The first-order valence-electron chi connectivity index (χ1n) is 7.99. The van der Waals surface area contributed by atoms with Gasteiger partial charge in [-0.25, -0.2) is 4.79 Å². The molecule has 0 radical (unpaired) electrons. The van der Waals surface area contributed by atoms with Crippen molar-refractivity contribution in [3.05, 3.63) is 63.2 Å². The third-order valence-electron chi connectivity index (χ3n) is 3.50. The highest BCUT2D eigenvalue weighted by Crippen LogP contribution is 2.27. The standard InChI is InChI=1S/C19H23IO3Si/c1-24(2,3)13-12-22-19(21)16-10-7-11-17(20)18(16)23-14-15-8-5-4-6-9-15/h4-11H,12-14H2,1-3H3. The first-order valence-corrected chi connectivity index (χ1v) is 12.8. The predicted octanol–water partition coefficient (Wildman–Crippen LogP) is 5.37. The molecule has 2 aromatic carbocycles. The second-order valence-electron chi connectivity index (χ2n) is 6.84. The Labute approximate surface area is 158 Å². The number of carbonyl (C=O) groups is 1. The van der Waals surface area contributed by atoms with Crippen molar-refractivity contribution in [2.75, 3.05) is 6.61 Å². The number of esters is 1. The molecule has 2 aromatic rings. The molecule has 2 rings (SSSR count). The Bertz CT molecular complexity index is 681. The van der Waals surface area contributed by atoms with Crippen molar-refractivity contribution in [1.29, 1.82) is 0 Å². The predicted molar refractivity (Wildman–Crippen MR) is 108 cm³/mol. The summed E-state index contributed by atoms with van der Waals surface area (Å²) in [5, 5.41) is 0. The van der Waals surface area contributed by atoms with E-state index in [0.717, 1.165) is 15.2 Å². The largest absolute Gasteiger partial charge is 0.487 e. The Balaban J connectivity index is 2.07. The Hall–Kier alpha value is -1.34. The topological polar surface area (TPSA) is 35.5 Å². The molecule has 3 nitrogen and oxygen atoms in total. The summed E-state index contributed by atoms with van der Waals surface area (Å²) < 4.78 is 12.3. The zero-order chi connectivity index (χ0) is 17.6. The highest BCUT2D eigenvalue weighted by atomic mass is 127. The third-order valence-corrected chi connectivity index (χ3v) is 6.05. The molecule has 0 fully saturated rings. The van der Waals surface area contributed by atoms with Crippen LogP contribution in [0.3, 0.4) is 0 Å². The summed E-state index contributed by atoms with van der Waals surface area (Å²) in [5.74, 6) is 0.287. The van der Waals surface area contributed by atoms with Crippen molar-refractivity contribution in [3.8, 4) is 5.75 Å². The molecule has 0 aliphatic heterocycles. The molecule has 0 bridgehead atoms. The third kappa shape index (κ3) is 5.94. The lowest BCUT2D eigenvalue weighted by atomic mass is 10.2. The number of para-hydroxylation sites is 1. The molecule has 5 heteroatoms. The minimum Gasteiger partial charge on any atom is -0.487 e. The maximum absolute atomic E-state index is 12.4. The van der Waals surface area contributed by atoms with Gasteiger partial charge in [0.1, 0.15) is 17.9 Å². The molecule has 0 N–H and O–H groups in total. The van der Waals surface area contributed by atoms with Crippen molar-refractivity contribution in [2.45, 2.75) is 32.3 Å². The molecule has 0 atom stereocenters. The first kappa shape index (κ1) is 19.0. The van der Waals surface area contributed by atoms with Gasteiger partial charge in [-0.1, -0.05) is 56.0 Å². The quantitative estimate of drug-likeness (QED) is 0.321. The average molecular weight is 454 g/mol. The van der Waals surface area contributed by atoms with Crippen molar-refractivity contribution in [1.82, 2.24) is 0 Å². The Morgan fingerprint density at radius 1 is 1.04 bits per heavy atom. The van der Waals surface area contributed by atoms with Crippen LogP contribution >= 0.6 is 22.6 Å². The summed E-state index contributed by atoms with van der Waals surface area (Å²) in [6.45, 7) is 7.69. The summed E-state index contributed by atoms with van der Waals surface area (Å²) in [6.07, 6.45) is 0. The molecule has 0 saturated heterocycles. The second-order valence-corrected chi connectivity index (χ2v) is 13.6. The van der Waals surface area contributed by atoms with Crippen LogP contribution in [0.2, 0.25) is 25.7 Å². The van der Waals surface area contributed by atoms with E-state index >= 15 is 0 Å². The minimum atomic E-state index is -1.22. The van der Waals surface area contributed by atoms with Crippen LogP contribution in [-0.4, -0.2) is 20.7 Å². The van der Waals surface area contributed by atoms with Crippen LogP contribution in [0.4, 0.5) is 0 Å². The summed E-state index contributed by atoms with van der Waals surface area (Å²) in [5.41, 5.74) is 1.56. The molecular formula is C19H23IO3Si. The number of hydrogen-bond donors (Lipinski definition) is 0. The minimum absolute atomic E-state index is 0.310. The van der Waals surface area contributed by atoms with Crippen LogP contribution in [0.25, 0.3) is 0 Å². The van der Waals surface area contributed by atoms with E-state index in [4.69, 9.17) is 9.47 Å². The molecule has 0 amide bonds. The van der Waals surface area contributed by atoms with Gasteiger partial charge in [-0.05, 0) is 46.3 Å². The van der Waals surface area contributed by atoms with Crippen LogP contribution in [0, 0.1) is 3.57 Å². The van der Waals surface area contributed by atoms with Gasteiger partial charge < -0.3 is 9.47 Å². The zero-order valence-electron chi connectivity index (χ0n) is 14.3. The summed E-state index contributed by atoms with van der Waals surface area (Å²) in [4.78, 5) is 12.4. The zero-order valence-corrected chi connectivity index (χ0v) is 17.5. The molecule has 128 valence electrons. The van der Waals surface area contributed by atoms with Crippen molar-refractivity contribution in [3.63, 3.8) is 0 Å². The fourth-order valence-electron chi connectivity index (χ4n) is 2.07. The van der Waals surface area contributed by atoms with Gasteiger partial charge >= 0.3 is 5.97 Å². The van der Waals surface area contributed by atoms with Crippen molar-refractivity contribution >= 4 is 36.6 Å². The molecule has 0 unspecified atom stereocenters. The average Bonchev–Trinajstić information content (AvgIpc) is 2.53. The van der Waals surface area contributed by atoms with E-state index in [2.05, 4.69) is 42.2 Å². The number of rotatable bonds is 7. The van der Waals surface area contributed by atoms with Crippen molar-refractivity contribution in [2.24, 2.45) is 0 Å². The van der Waals surface area contributed by atoms with Gasteiger partial charge in [0.2, 0.25) is 0 Å². The van der Waals surface area contributed by atoms with E-state index in [9.17, 15) is 4.79 Å². The first-order chi connectivity index (χ1) is 11.4. The van der Waals surface area contributed by atoms with Gasteiger partial charge in [-0.15, -0.1) is 0 Å². The molecule has 0 heterocycles. The number of carbonyl (C=O) groups excluding carboxylic acids is 1. The van der Waals surface area contributed by atoms with Crippen molar-refractivity contribution < 1.29 is 14.3 Å². The lowest BCUT2D eigenvalue weighted by molar-refractivity contribution is 0.0520. The fraction of sp³-hybridized carbons (Fsp3) is 0.316. The summed E-state index contributed by atoms with van der Waals surface area (Å²) in [6, 6.07) is 16.4. The number of halogens is 1. The van der Waals surface area contributed by atoms with Crippen LogP contribution in [0.5, 0.6) is 5.75 Å². The van der Waals surface area contributed by atoms with E-state index < -0.39 is 8.07 Å². The van der Waals surface area contributed by atoms with E-state index in [-0.39, 0.29) is 5.97 Å². The van der Waals surface area contributed by atoms with Gasteiger partial charge in [0.15, 0.2) is 0 Å². The molecule has 0 aliphatic rings. The van der Waals surface area contributed by atoms with E-state index in [1.165, 1.54) is 0 Å². The fourth-order valence-corrected chi connectivity index (χ4v) is 3.44. The number of ether oxygens (including phenoxy) is 2. The Morgan fingerprint density at radius 3 is 2.42 bits per heavy atom. The maximum atomic E-state index is 12.4. The Morgan fingerprint density at radius 2 is 1.75 bits per heavy atom. The van der Waals surface area contributed by atoms with Crippen LogP contribution in [0.15, 0.2) is 48.5 Å². The van der Waals surface area contributed by atoms with Gasteiger partial charge in [0.05, 0.1) is 10.2 Å². The van der Waals surface area contributed by atoms with Gasteiger partial charge in [0, 0.05) is 8.07 Å². The molecular weight excluding hydrogens is 431 g/mol. The SMILES string of the molecule is C[Si](C)(C)CCOC(=O)c1cccc(I)c1OCc1ccccc1. The lowest BCUT2D eigenvalue weighted by Crippen LogP contribution is -2.23. The molecule has 0 aromatic heterocycles. The van der Waals surface area contributed by atoms with Gasteiger partial charge in [-0.2, -0.15) is 0 Å². The molecule has 0 spiro atoms. The van der Waals surface area contributed by atoms with E-state index in [1.54, 1.807) is 6.07 Å². The summed E-state index contributed by atoms with van der Waals surface area (Å²) >= 11 is 2.19. The normalized spacial score (nSPS) is 11.2. The van der Waals surface area contributed by atoms with Crippen LogP contribution < -0.4 is 4.74 Å². The molecule has 0 aliphatic carbocycles. The monoisotopic (exact) mass is 454 g/mol. The maximum Gasteiger partial charge on any atom is 0.341 e. The van der Waals surface area contributed by atoms with E-state index in [1.807, 2.05) is 42.5 Å². The number of benzene rings is 2. The number of hydrogen-bond acceptors (Lipinski definition) is 3. The van der Waals surface area contributed by atoms with Crippen LogP contribution in [0.1, 0.15) is 15.9 Å². The van der Waals surface area contributed by atoms with Crippen LogP contribution in [-0.2, 0) is 11.3 Å². The molecule has 0 saturated carbocycles.